The molecule has 1 heterocycles. The minimum absolute atomic E-state index is 0.201. The Balaban J connectivity index is 2.03. The maximum atomic E-state index is 12.2. The molecule has 144 valence electrons. The van der Waals surface area contributed by atoms with E-state index >= 15 is 0 Å². The van der Waals surface area contributed by atoms with Crippen LogP contribution in [0.2, 0.25) is 0 Å². The summed E-state index contributed by atoms with van der Waals surface area (Å²) >= 11 is -1.91. The Hall–Kier alpha value is -0.540. The van der Waals surface area contributed by atoms with Crippen molar-refractivity contribution in [3.63, 3.8) is 0 Å². The van der Waals surface area contributed by atoms with E-state index in [0.717, 1.165) is 0 Å². The van der Waals surface area contributed by atoms with Crippen LogP contribution in [-0.4, -0.2) is 50.4 Å². The third-order valence-corrected chi connectivity index (χ3v) is 7.50. The predicted octanol–water partition coefficient (Wildman–Crippen LogP) is 1.24. The molecule has 0 aromatic rings. The van der Waals surface area contributed by atoms with Crippen molar-refractivity contribution in [1.29, 1.82) is 0 Å². The number of ether oxygens (including phenoxy) is 1. The van der Waals surface area contributed by atoms with Gasteiger partial charge in [-0.15, -0.1) is 0 Å². The Morgan fingerprint density at radius 1 is 1.36 bits per heavy atom. The zero-order valence-electron chi connectivity index (χ0n) is 15.2. The van der Waals surface area contributed by atoms with E-state index in [4.69, 9.17) is 13.1 Å². The van der Waals surface area contributed by atoms with Gasteiger partial charge in [0, 0.05) is 24.2 Å². The SMILES string of the molecule is CC(=O)O[C@@H]1CC[C@@]2(C)O[S@](=O)OC3C2[C@@]1(C)CC[C@H]3[C@@](C)(O)CO. The van der Waals surface area contributed by atoms with Gasteiger partial charge >= 0.3 is 17.3 Å². The highest BCUT2D eigenvalue weighted by Gasteiger charge is 2.66. The molecule has 2 unspecified atom stereocenters. The fourth-order valence-corrected chi connectivity index (χ4v) is 6.32. The molecule has 8 atom stereocenters. The van der Waals surface area contributed by atoms with Gasteiger partial charge in [-0.2, -0.15) is 4.21 Å². The molecule has 3 rings (SSSR count). The number of hydrogen-bond acceptors (Lipinski definition) is 7. The normalized spacial score (nSPS) is 49.0. The Bertz CT molecular complexity index is 579. The van der Waals surface area contributed by atoms with Gasteiger partial charge in [-0.1, -0.05) is 6.92 Å². The van der Waals surface area contributed by atoms with Crippen LogP contribution in [-0.2, 0) is 29.3 Å². The first-order valence-electron chi connectivity index (χ1n) is 8.82. The van der Waals surface area contributed by atoms with Crippen molar-refractivity contribution in [3.8, 4) is 0 Å². The average molecular weight is 376 g/mol. The van der Waals surface area contributed by atoms with E-state index in [1.165, 1.54) is 6.92 Å². The van der Waals surface area contributed by atoms with Crippen molar-refractivity contribution >= 4 is 17.3 Å². The highest BCUT2D eigenvalue weighted by molar-refractivity contribution is 7.75. The van der Waals surface area contributed by atoms with Gasteiger partial charge in [0.15, 0.2) is 0 Å². The van der Waals surface area contributed by atoms with Crippen LogP contribution in [0, 0.1) is 17.3 Å². The van der Waals surface area contributed by atoms with Crippen LogP contribution in [0.5, 0.6) is 0 Å². The molecule has 0 radical (unpaired) electrons. The number of esters is 1. The third-order valence-electron chi connectivity index (χ3n) is 6.60. The molecule has 25 heavy (non-hydrogen) atoms. The highest BCUT2D eigenvalue weighted by atomic mass is 32.2. The first-order chi connectivity index (χ1) is 11.5. The molecule has 3 aliphatic rings. The molecule has 2 aliphatic carbocycles. The summed E-state index contributed by atoms with van der Waals surface area (Å²) in [6.45, 7) is 6.55. The molecule has 0 bridgehead atoms. The lowest BCUT2D eigenvalue weighted by Crippen LogP contribution is -2.69. The number of carbonyl (C=O) groups is 1. The minimum atomic E-state index is -1.91. The van der Waals surface area contributed by atoms with E-state index in [1.54, 1.807) is 6.92 Å². The van der Waals surface area contributed by atoms with Crippen LogP contribution in [0.3, 0.4) is 0 Å². The summed E-state index contributed by atoms with van der Waals surface area (Å²) in [6, 6.07) is 0. The average Bonchev–Trinajstić information content (AvgIpc) is 2.49. The van der Waals surface area contributed by atoms with Crippen molar-refractivity contribution in [3.05, 3.63) is 0 Å². The maximum Gasteiger partial charge on any atom is 0.305 e. The lowest BCUT2D eigenvalue weighted by atomic mass is 9.50. The van der Waals surface area contributed by atoms with Crippen LogP contribution < -0.4 is 0 Å². The summed E-state index contributed by atoms with van der Waals surface area (Å²) < 4.78 is 29.1. The number of carbonyl (C=O) groups excluding carboxylic acids is 1. The second-order valence-electron chi connectivity index (χ2n) is 8.44. The van der Waals surface area contributed by atoms with E-state index < -0.39 is 40.7 Å². The molecule has 2 saturated carbocycles. The van der Waals surface area contributed by atoms with Gasteiger partial charge < -0.3 is 14.9 Å². The summed E-state index contributed by atoms with van der Waals surface area (Å²) in [7, 11) is 0. The largest absolute Gasteiger partial charge is 0.462 e. The van der Waals surface area contributed by atoms with Crippen molar-refractivity contribution < 1.29 is 32.3 Å². The molecule has 0 spiro atoms. The van der Waals surface area contributed by atoms with Crippen molar-refractivity contribution in [1.82, 2.24) is 0 Å². The molecule has 7 nitrogen and oxygen atoms in total. The standard InChI is InChI=1S/C17H28O7S/c1-10(19)22-12-6-8-17(4)14-13(23-25(21)24-17)11(16(3,20)9-18)5-7-15(12,14)2/h11-14,18,20H,5-9H2,1-4H3/t11-,12-,13?,14?,15+,16+,17-,25-/m1/s1. The number of hydrogen-bond donors (Lipinski definition) is 2. The number of aliphatic hydroxyl groups is 2. The zero-order valence-corrected chi connectivity index (χ0v) is 16.0. The van der Waals surface area contributed by atoms with Crippen molar-refractivity contribution in [2.24, 2.45) is 17.3 Å². The van der Waals surface area contributed by atoms with E-state index in [9.17, 15) is 19.2 Å². The number of aliphatic hydroxyl groups excluding tert-OH is 1. The molecule has 0 aromatic heterocycles. The van der Waals surface area contributed by atoms with Crippen LogP contribution >= 0.6 is 0 Å². The lowest BCUT2D eigenvalue weighted by Gasteiger charge is -2.62. The summed E-state index contributed by atoms with van der Waals surface area (Å²) in [5, 5.41) is 20.3. The Kier molecular flexibility index (Phi) is 4.82. The van der Waals surface area contributed by atoms with Gasteiger partial charge in [0.25, 0.3) is 0 Å². The topological polar surface area (TPSA) is 102 Å². The monoisotopic (exact) mass is 376 g/mol. The fraction of sp³-hybridized carbons (Fsp3) is 0.941. The summed E-state index contributed by atoms with van der Waals surface area (Å²) in [5.41, 5.74) is -2.44. The van der Waals surface area contributed by atoms with Gasteiger partial charge in [0.2, 0.25) is 0 Å². The first-order valence-corrected chi connectivity index (χ1v) is 9.82. The Labute approximate surface area is 150 Å². The molecule has 1 saturated heterocycles. The van der Waals surface area contributed by atoms with E-state index in [0.29, 0.717) is 25.7 Å². The molecule has 2 N–H and O–H groups in total. The smallest absolute Gasteiger partial charge is 0.305 e. The van der Waals surface area contributed by atoms with Crippen LogP contribution in [0.1, 0.15) is 53.4 Å². The molecular formula is C17H28O7S. The molecule has 0 aromatic carbocycles. The van der Waals surface area contributed by atoms with Crippen molar-refractivity contribution in [2.45, 2.75) is 76.8 Å². The van der Waals surface area contributed by atoms with E-state index in [-0.39, 0.29) is 23.9 Å². The van der Waals surface area contributed by atoms with Crippen molar-refractivity contribution in [2.75, 3.05) is 6.61 Å². The summed E-state index contributed by atoms with van der Waals surface area (Å²) in [6.07, 6.45) is 1.68. The minimum Gasteiger partial charge on any atom is -0.462 e. The lowest BCUT2D eigenvalue weighted by molar-refractivity contribution is -0.245. The Morgan fingerprint density at radius 3 is 2.64 bits per heavy atom. The first kappa shape index (κ1) is 19.2. The van der Waals surface area contributed by atoms with Gasteiger partial charge in [-0.25, -0.2) is 0 Å². The molecule has 8 heteroatoms. The van der Waals surface area contributed by atoms with Gasteiger partial charge in [0.05, 0.1) is 23.9 Å². The molecular weight excluding hydrogens is 348 g/mol. The van der Waals surface area contributed by atoms with Gasteiger partial charge in [0.1, 0.15) is 6.10 Å². The summed E-state index contributed by atoms with van der Waals surface area (Å²) in [4.78, 5) is 11.6. The molecule has 3 fully saturated rings. The highest BCUT2D eigenvalue weighted by Crippen LogP contribution is 2.61. The Morgan fingerprint density at radius 2 is 2.04 bits per heavy atom. The second kappa shape index (κ2) is 6.27. The molecule has 1 aliphatic heterocycles. The van der Waals surface area contributed by atoms with Crippen LogP contribution in [0.15, 0.2) is 0 Å². The van der Waals surface area contributed by atoms with E-state index in [1.807, 2.05) is 6.92 Å². The number of rotatable bonds is 3. The fourth-order valence-electron chi connectivity index (χ4n) is 5.36. The van der Waals surface area contributed by atoms with Crippen LogP contribution in [0.25, 0.3) is 0 Å². The predicted molar refractivity (Wildman–Crippen MR) is 89.3 cm³/mol. The molecule has 0 amide bonds. The second-order valence-corrected chi connectivity index (χ2v) is 9.21. The zero-order chi connectivity index (χ0) is 18.6. The summed E-state index contributed by atoms with van der Waals surface area (Å²) in [5.74, 6) is -0.900. The maximum absolute atomic E-state index is 12.2. The van der Waals surface area contributed by atoms with E-state index in [2.05, 4.69) is 6.92 Å². The van der Waals surface area contributed by atoms with Gasteiger partial charge in [-0.05, 0) is 39.5 Å². The quantitative estimate of drug-likeness (QED) is 0.715. The third kappa shape index (κ3) is 3.06. The van der Waals surface area contributed by atoms with Crippen LogP contribution in [0.4, 0.5) is 0 Å². The van der Waals surface area contributed by atoms with Gasteiger partial charge in [-0.3, -0.25) is 13.2 Å².